The van der Waals surface area contributed by atoms with Gasteiger partial charge in [-0.2, -0.15) is 5.26 Å². The Hall–Kier alpha value is -3.46. The van der Waals surface area contributed by atoms with Gasteiger partial charge >= 0.3 is 5.97 Å². The Morgan fingerprint density at radius 1 is 1.25 bits per heavy atom. The summed E-state index contributed by atoms with van der Waals surface area (Å²) in [7, 11) is 0. The van der Waals surface area contributed by atoms with E-state index in [-0.39, 0.29) is 12.5 Å². The zero-order valence-electron chi connectivity index (χ0n) is 12.9. The molecule has 0 unspecified atom stereocenters. The Morgan fingerprint density at radius 2 is 2.00 bits per heavy atom. The van der Waals surface area contributed by atoms with Crippen molar-refractivity contribution in [1.82, 2.24) is 9.55 Å². The Morgan fingerprint density at radius 3 is 2.67 bits per heavy atom. The maximum Gasteiger partial charge on any atom is 0.340 e. The number of rotatable bonds is 3. The van der Waals surface area contributed by atoms with E-state index in [2.05, 4.69) is 4.98 Å². The Bertz CT molecular complexity index is 965. The first-order chi connectivity index (χ1) is 11.7. The molecule has 0 radical (unpaired) electrons. The minimum absolute atomic E-state index is 0.245. The fourth-order valence-electron chi connectivity index (χ4n) is 2.41. The second-order valence-corrected chi connectivity index (χ2v) is 5.00. The van der Waals surface area contributed by atoms with Crippen LogP contribution in [0.5, 0.6) is 0 Å². The van der Waals surface area contributed by atoms with E-state index in [1.165, 1.54) is 10.8 Å². The number of nitriles is 1. The molecule has 0 bridgehead atoms. The molecule has 3 rings (SSSR count). The predicted molar refractivity (Wildman–Crippen MR) is 86.6 cm³/mol. The van der Waals surface area contributed by atoms with Crippen molar-refractivity contribution in [3.63, 3.8) is 0 Å². The molecule has 0 spiro atoms. The third-order valence-corrected chi connectivity index (χ3v) is 3.54. The normalized spacial score (nSPS) is 10.3. The lowest BCUT2D eigenvalue weighted by Gasteiger charge is -2.03. The summed E-state index contributed by atoms with van der Waals surface area (Å²) in [5, 5.41) is 9.39. The van der Waals surface area contributed by atoms with Crippen LogP contribution in [-0.2, 0) is 4.74 Å². The van der Waals surface area contributed by atoms with Crippen LogP contribution in [0.15, 0.2) is 48.8 Å². The van der Waals surface area contributed by atoms with Gasteiger partial charge in [0.05, 0.1) is 23.8 Å². The van der Waals surface area contributed by atoms with Crippen LogP contribution in [0.2, 0.25) is 0 Å². The van der Waals surface area contributed by atoms with Gasteiger partial charge < -0.3 is 4.74 Å². The van der Waals surface area contributed by atoms with E-state index in [0.29, 0.717) is 27.7 Å². The van der Waals surface area contributed by atoms with Crippen LogP contribution >= 0.6 is 0 Å². The number of fused-ring (bicyclic) bond motifs is 1. The van der Waals surface area contributed by atoms with Crippen molar-refractivity contribution in [2.45, 2.75) is 6.92 Å². The Balaban J connectivity index is 2.10. The van der Waals surface area contributed by atoms with E-state index in [4.69, 9.17) is 10.00 Å². The minimum Gasteiger partial charge on any atom is -0.462 e. The zero-order valence-corrected chi connectivity index (χ0v) is 12.9. The van der Waals surface area contributed by atoms with Gasteiger partial charge in [0, 0.05) is 23.3 Å². The third-order valence-electron chi connectivity index (χ3n) is 3.54. The van der Waals surface area contributed by atoms with E-state index in [1.54, 1.807) is 49.5 Å². The molecular formula is C18H13N3O3. The number of aromatic nitrogens is 2. The number of nitrogens with zero attached hydrogens (tertiary/aromatic N) is 3. The lowest BCUT2D eigenvalue weighted by atomic mass is 10.1. The van der Waals surface area contributed by atoms with Crippen LogP contribution in [0.1, 0.15) is 33.2 Å². The molecule has 0 saturated heterocycles. The van der Waals surface area contributed by atoms with E-state index in [1.807, 2.05) is 6.07 Å². The molecule has 6 heteroatoms. The average molecular weight is 319 g/mol. The number of hydrogen-bond donors (Lipinski definition) is 0. The molecule has 2 aromatic heterocycles. The molecule has 2 heterocycles. The van der Waals surface area contributed by atoms with Crippen molar-refractivity contribution in [2.75, 3.05) is 6.61 Å². The fourth-order valence-corrected chi connectivity index (χ4v) is 2.41. The Kier molecular flexibility index (Phi) is 4.08. The summed E-state index contributed by atoms with van der Waals surface area (Å²) < 4.78 is 6.36. The number of carbonyl (C=O) groups is 2. The smallest absolute Gasteiger partial charge is 0.340 e. The summed E-state index contributed by atoms with van der Waals surface area (Å²) in [6, 6.07) is 11.7. The molecule has 6 nitrogen and oxygen atoms in total. The minimum atomic E-state index is -0.498. The van der Waals surface area contributed by atoms with Crippen LogP contribution in [0.25, 0.3) is 11.0 Å². The van der Waals surface area contributed by atoms with Crippen molar-refractivity contribution in [2.24, 2.45) is 0 Å². The predicted octanol–water partition coefficient (Wildman–Crippen LogP) is 2.77. The Labute approximate surface area is 137 Å². The van der Waals surface area contributed by atoms with E-state index in [0.717, 1.165) is 0 Å². The largest absolute Gasteiger partial charge is 0.462 e. The van der Waals surface area contributed by atoms with Gasteiger partial charge in [-0.3, -0.25) is 9.36 Å². The number of esters is 1. The standard InChI is InChI=1S/C18H13N3O3/c1-2-24-18(23)15-11-21(16-14(15)4-3-9-20-16)17(22)13-7-5-12(10-19)6-8-13/h3-9,11H,2H2,1H3. The maximum atomic E-state index is 12.7. The first-order valence-electron chi connectivity index (χ1n) is 7.33. The third kappa shape index (κ3) is 2.63. The number of carbonyl (C=O) groups excluding carboxylic acids is 2. The summed E-state index contributed by atoms with van der Waals surface area (Å²) >= 11 is 0. The summed E-state index contributed by atoms with van der Waals surface area (Å²) in [4.78, 5) is 29.1. The number of hydrogen-bond acceptors (Lipinski definition) is 5. The van der Waals surface area contributed by atoms with E-state index >= 15 is 0 Å². The van der Waals surface area contributed by atoms with Gasteiger partial charge in [-0.1, -0.05) is 0 Å². The quantitative estimate of drug-likeness (QED) is 0.693. The lowest BCUT2D eigenvalue weighted by Crippen LogP contribution is -2.11. The van der Waals surface area contributed by atoms with Gasteiger partial charge in [0.15, 0.2) is 0 Å². The topological polar surface area (TPSA) is 85.0 Å². The lowest BCUT2D eigenvalue weighted by molar-refractivity contribution is 0.0528. The molecule has 118 valence electrons. The molecule has 0 atom stereocenters. The van der Waals surface area contributed by atoms with Crippen LogP contribution in [0.4, 0.5) is 0 Å². The van der Waals surface area contributed by atoms with Crippen molar-refractivity contribution in [3.8, 4) is 6.07 Å². The summed E-state index contributed by atoms with van der Waals surface area (Å²) in [6.45, 7) is 1.96. The first kappa shape index (κ1) is 15.4. The van der Waals surface area contributed by atoms with Gasteiger partial charge in [0.1, 0.15) is 5.65 Å². The zero-order chi connectivity index (χ0) is 17.1. The monoisotopic (exact) mass is 319 g/mol. The summed E-state index contributed by atoms with van der Waals surface area (Å²) in [5.41, 5.74) is 1.54. The average Bonchev–Trinajstić information content (AvgIpc) is 3.01. The second-order valence-electron chi connectivity index (χ2n) is 5.00. The molecule has 0 saturated carbocycles. The molecule has 0 N–H and O–H groups in total. The highest BCUT2D eigenvalue weighted by Crippen LogP contribution is 2.21. The van der Waals surface area contributed by atoms with Crippen molar-refractivity contribution in [1.29, 1.82) is 5.26 Å². The van der Waals surface area contributed by atoms with Crippen molar-refractivity contribution in [3.05, 3.63) is 65.5 Å². The molecule has 0 aliphatic rings. The van der Waals surface area contributed by atoms with E-state index < -0.39 is 5.97 Å². The molecule has 0 aliphatic heterocycles. The highest BCUT2D eigenvalue weighted by molar-refractivity contribution is 6.08. The second kappa shape index (κ2) is 6.34. The van der Waals surface area contributed by atoms with Crippen LogP contribution in [0, 0.1) is 11.3 Å². The molecular weight excluding hydrogens is 306 g/mol. The molecule has 3 aromatic rings. The molecule has 0 fully saturated rings. The van der Waals surface area contributed by atoms with Crippen molar-refractivity contribution < 1.29 is 14.3 Å². The number of pyridine rings is 1. The number of benzene rings is 1. The first-order valence-corrected chi connectivity index (χ1v) is 7.33. The fraction of sp³-hybridized carbons (Fsp3) is 0.111. The van der Waals surface area contributed by atoms with Gasteiger partial charge in [0.25, 0.3) is 5.91 Å². The van der Waals surface area contributed by atoms with Crippen LogP contribution in [-0.4, -0.2) is 28.0 Å². The summed E-state index contributed by atoms with van der Waals surface area (Å²) in [6.07, 6.45) is 3.00. The molecule has 0 aliphatic carbocycles. The highest BCUT2D eigenvalue weighted by Gasteiger charge is 2.20. The molecule has 0 amide bonds. The number of ether oxygens (including phenoxy) is 1. The molecule has 1 aromatic carbocycles. The van der Waals surface area contributed by atoms with Gasteiger partial charge in [-0.25, -0.2) is 9.78 Å². The van der Waals surface area contributed by atoms with Crippen LogP contribution in [0.3, 0.4) is 0 Å². The summed E-state index contributed by atoms with van der Waals surface area (Å²) in [5.74, 6) is -0.833. The van der Waals surface area contributed by atoms with Crippen LogP contribution < -0.4 is 0 Å². The highest BCUT2D eigenvalue weighted by atomic mass is 16.5. The van der Waals surface area contributed by atoms with Gasteiger partial charge in [-0.05, 0) is 43.3 Å². The van der Waals surface area contributed by atoms with Gasteiger partial charge in [-0.15, -0.1) is 0 Å². The molecule has 24 heavy (non-hydrogen) atoms. The van der Waals surface area contributed by atoms with Gasteiger partial charge in [0.2, 0.25) is 0 Å². The SMILES string of the molecule is CCOC(=O)c1cn(C(=O)c2ccc(C#N)cc2)c2ncccc12. The van der Waals surface area contributed by atoms with E-state index in [9.17, 15) is 9.59 Å². The maximum absolute atomic E-state index is 12.7. The van der Waals surface area contributed by atoms with Crippen molar-refractivity contribution >= 4 is 22.9 Å².